The van der Waals surface area contributed by atoms with Crippen molar-refractivity contribution in [3.8, 4) is 28.0 Å². The molecule has 0 N–H and O–H groups in total. The van der Waals surface area contributed by atoms with Gasteiger partial charge in [-0.1, -0.05) is 54.6 Å². The van der Waals surface area contributed by atoms with E-state index in [4.69, 9.17) is 0 Å². The van der Waals surface area contributed by atoms with Crippen LogP contribution in [0.4, 0.5) is 8.78 Å². The molecule has 3 nitrogen and oxygen atoms in total. The second kappa shape index (κ2) is 9.23. The molecule has 0 atom stereocenters. The number of fused-ring (bicyclic) bond motifs is 3. The van der Waals surface area contributed by atoms with E-state index in [-0.39, 0.29) is 11.3 Å². The van der Waals surface area contributed by atoms with E-state index in [1.165, 1.54) is 5.56 Å². The Kier molecular flexibility index (Phi) is 6.09. The minimum atomic E-state index is -2.85. The van der Waals surface area contributed by atoms with E-state index in [1.807, 2.05) is 32.9 Å². The highest BCUT2D eigenvalue weighted by Gasteiger charge is 2.27. The number of aromatic carboxylic acids is 1. The lowest BCUT2D eigenvalue weighted by Crippen LogP contribution is -2.23. The highest BCUT2D eigenvalue weighted by atomic mass is 19.3. The molecule has 0 bridgehead atoms. The molecular formula is C31H25F2O3-. The Bertz CT molecular complexity index is 1490. The monoisotopic (exact) mass is 483 g/mol. The van der Waals surface area contributed by atoms with Gasteiger partial charge < -0.3 is 14.6 Å². The number of halogens is 2. The first-order valence-electron chi connectivity index (χ1n) is 11.8. The van der Waals surface area contributed by atoms with E-state index in [1.54, 1.807) is 30.3 Å². The van der Waals surface area contributed by atoms with Crippen molar-refractivity contribution in [1.29, 1.82) is 0 Å². The number of carbonyl (C=O) groups is 1. The summed E-state index contributed by atoms with van der Waals surface area (Å²) in [5, 5.41) is 12.1. The van der Waals surface area contributed by atoms with Crippen LogP contribution in [0, 0.1) is 20.8 Å². The molecule has 0 heterocycles. The fourth-order valence-corrected chi connectivity index (χ4v) is 5.33. The number of hydrogen-bond acceptors (Lipinski definition) is 3. The Balaban J connectivity index is 1.61. The van der Waals surface area contributed by atoms with Gasteiger partial charge in [-0.3, -0.25) is 0 Å². The smallest absolute Gasteiger partial charge is 0.387 e. The first-order chi connectivity index (χ1) is 17.2. The van der Waals surface area contributed by atoms with Gasteiger partial charge in [-0.25, -0.2) is 0 Å². The van der Waals surface area contributed by atoms with E-state index in [0.717, 1.165) is 55.6 Å². The van der Waals surface area contributed by atoms with Crippen molar-refractivity contribution in [3.63, 3.8) is 0 Å². The summed E-state index contributed by atoms with van der Waals surface area (Å²) in [4.78, 5) is 12.1. The van der Waals surface area contributed by atoms with E-state index >= 15 is 0 Å². The summed E-state index contributed by atoms with van der Waals surface area (Å²) in [7, 11) is 0. The summed E-state index contributed by atoms with van der Waals surface area (Å²) in [6.45, 7) is 3.12. The molecule has 0 aromatic heterocycles. The van der Waals surface area contributed by atoms with Gasteiger partial charge in [0.2, 0.25) is 0 Å². The van der Waals surface area contributed by atoms with Crippen LogP contribution in [0.3, 0.4) is 0 Å². The van der Waals surface area contributed by atoms with Crippen LogP contribution in [-0.2, 0) is 12.8 Å². The van der Waals surface area contributed by atoms with Crippen LogP contribution in [0.25, 0.3) is 22.3 Å². The summed E-state index contributed by atoms with van der Waals surface area (Å²) < 4.78 is 29.5. The predicted molar refractivity (Wildman–Crippen MR) is 135 cm³/mol. The zero-order valence-electron chi connectivity index (χ0n) is 20.3. The molecule has 0 saturated heterocycles. The van der Waals surface area contributed by atoms with Crippen molar-refractivity contribution < 1.29 is 23.4 Å². The molecule has 5 heteroatoms. The van der Waals surface area contributed by atoms with Gasteiger partial charge in [0.15, 0.2) is 0 Å². The van der Waals surface area contributed by atoms with Gasteiger partial charge in [-0.05, 0) is 107 Å². The summed E-state index contributed by atoms with van der Waals surface area (Å²) >= 11 is 0. The molecule has 0 fully saturated rings. The maximum absolute atomic E-state index is 12.5. The molecule has 0 spiro atoms. The molecule has 1 aliphatic rings. The maximum Gasteiger partial charge on any atom is 0.387 e. The molecule has 0 radical (unpaired) electrons. The second-order valence-electron chi connectivity index (χ2n) is 9.33. The number of carbonyl (C=O) groups excluding carboxylic acids is 1. The van der Waals surface area contributed by atoms with Crippen LogP contribution in [0.5, 0.6) is 5.75 Å². The standard InChI is InChI=1S/C31H26F2O3/c1-17-7-14-25(30(34)35)28(19(17)3)27-18(2)8-13-24-26(27)16-22-6-4-5-21(29(22)24)15-20-9-11-23(12-10-20)36-31(32)33/h4-14,31H,15-16H2,1-3H3,(H,34,35)/p-1. The van der Waals surface area contributed by atoms with Gasteiger partial charge in [0, 0.05) is 5.56 Å². The first kappa shape index (κ1) is 23.7. The van der Waals surface area contributed by atoms with Crippen LogP contribution < -0.4 is 9.84 Å². The van der Waals surface area contributed by atoms with Crippen molar-refractivity contribution in [2.45, 2.75) is 40.2 Å². The van der Waals surface area contributed by atoms with Gasteiger partial charge >= 0.3 is 6.61 Å². The third-order valence-electron chi connectivity index (χ3n) is 7.14. The summed E-state index contributed by atoms with van der Waals surface area (Å²) in [6.07, 6.45) is 1.34. The van der Waals surface area contributed by atoms with Crippen LogP contribution in [0.2, 0.25) is 0 Å². The predicted octanol–water partition coefficient (Wildman–Crippen LogP) is 6.41. The molecular weight excluding hydrogens is 458 g/mol. The minimum Gasteiger partial charge on any atom is -0.545 e. The number of aryl methyl sites for hydroxylation is 2. The van der Waals surface area contributed by atoms with Gasteiger partial charge in [0.05, 0.1) is 5.97 Å². The Morgan fingerprint density at radius 3 is 2.31 bits per heavy atom. The van der Waals surface area contributed by atoms with Crippen LogP contribution in [0.15, 0.2) is 66.7 Å². The van der Waals surface area contributed by atoms with E-state index < -0.39 is 12.6 Å². The zero-order chi connectivity index (χ0) is 25.6. The highest BCUT2D eigenvalue weighted by molar-refractivity contribution is 5.99. The van der Waals surface area contributed by atoms with E-state index in [9.17, 15) is 18.7 Å². The lowest BCUT2D eigenvalue weighted by molar-refractivity contribution is -0.254. The number of hydrogen-bond donors (Lipinski definition) is 0. The average molecular weight is 484 g/mol. The fraction of sp³-hybridized carbons (Fsp3) is 0.194. The van der Waals surface area contributed by atoms with Gasteiger partial charge in [-0.2, -0.15) is 8.78 Å². The number of benzene rings is 4. The van der Waals surface area contributed by atoms with Crippen LogP contribution >= 0.6 is 0 Å². The molecule has 0 amide bonds. The topological polar surface area (TPSA) is 49.4 Å². The minimum absolute atomic E-state index is 0.134. The van der Waals surface area contributed by atoms with Gasteiger partial charge in [0.25, 0.3) is 0 Å². The molecule has 1 aliphatic carbocycles. The number of carboxylic acid groups (broad SMARTS) is 1. The average Bonchev–Trinajstić information content (AvgIpc) is 3.21. The van der Waals surface area contributed by atoms with Crippen molar-refractivity contribution in [2.75, 3.05) is 0 Å². The molecule has 0 aliphatic heterocycles. The normalized spacial score (nSPS) is 11.9. The molecule has 36 heavy (non-hydrogen) atoms. The maximum atomic E-state index is 12.5. The first-order valence-corrected chi connectivity index (χ1v) is 11.8. The van der Waals surface area contributed by atoms with E-state index in [0.29, 0.717) is 12.8 Å². The van der Waals surface area contributed by atoms with E-state index in [2.05, 4.69) is 29.0 Å². The number of ether oxygens (including phenoxy) is 1. The molecule has 0 unspecified atom stereocenters. The third kappa shape index (κ3) is 4.15. The summed E-state index contributed by atoms with van der Waals surface area (Å²) in [6, 6.07) is 20.6. The molecule has 4 aromatic carbocycles. The second-order valence-corrected chi connectivity index (χ2v) is 9.33. The Hall–Kier alpha value is -3.99. The van der Waals surface area contributed by atoms with Crippen molar-refractivity contribution in [3.05, 3.63) is 111 Å². The lowest BCUT2D eigenvalue weighted by Gasteiger charge is -2.21. The molecule has 4 aromatic rings. The number of alkyl halides is 2. The Morgan fingerprint density at radius 2 is 1.61 bits per heavy atom. The van der Waals surface area contributed by atoms with Crippen molar-refractivity contribution >= 4 is 5.97 Å². The zero-order valence-corrected chi connectivity index (χ0v) is 20.3. The number of carboxylic acids is 1. The summed E-state index contributed by atoms with van der Waals surface area (Å²) in [5.74, 6) is -1.05. The molecule has 5 rings (SSSR count). The quantitative estimate of drug-likeness (QED) is 0.281. The van der Waals surface area contributed by atoms with Crippen LogP contribution in [0.1, 0.15) is 49.3 Å². The molecule has 182 valence electrons. The number of rotatable bonds is 6. The van der Waals surface area contributed by atoms with Crippen LogP contribution in [-0.4, -0.2) is 12.6 Å². The molecule has 0 saturated carbocycles. The Morgan fingerprint density at radius 1 is 0.889 bits per heavy atom. The van der Waals surface area contributed by atoms with Crippen molar-refractivity contribution in [2.24, 2.45) is 0 Å². The van der Waals surface area contributed by atoms with Gasteiger partial charge in [-0.15, -0.1) is 0 Å². The lowest BCUT2D eigenvalue weighted by atomic mass is 9.85. The van der Waals surface area contributed by atoms with Gasteiger partial charge in [0.1, 0.15) is 5.75 Å². The summed E-state index contributed by atoms with van der Waals surface area (Å²) in [5.41, 5.74) is 11.6. The largest absolute Gasteiger partial charge is 0.545 e. The highest BCUT2D eigenvalue weighted by Crippen LogP contribution is 2.46. The SMILES string of the molecule is Cc1ccc(C(=O)[O-])c(-c2c(C)ccc3c2Cc2cccc(Cc4ccc(OC(F)F)cc4)c2-3)c1C. The Labute approximate surface area is 209 Å². The van der Waals surface area contributed by atoms with Crippen molar-refractivity contribution in [1.82, 2.24) is 0 Å². The fourth-order valence-electron chi connectivity index (χ4n) is 5.33. The third-order valence-corrected chi connectivity index (χ3v) is 7.14.